The first kappa shape index (κ1) is 17.0. The van der Waals surface area contributed by atoms with Crippen LogP contribution in [0.15, 0.2) is 30.3 Å². The molecular weight excluding hydrogens is 316 g/mol. The fourth-order valence-electron chi connectivity index (χ4n) is 1.84. The van der Waals surface area contributed by atoms with Crippen LogP contribution in [0.5, 0.6) is 0 Å². The first-order valence-electron chi connectivity index (χ1n) is 7.01. The maximum atomic E-state index is 11.8. The number of nitrogens with zero attached hydrogens (tertiary/aromatic N) is 1. The summed E-state index contributed by atoms with van der Waals surface area (Å²) in [6.07, 6.45) is -0.197. The van der Waals surface area contributed by atoms with Gasteiger partial charge in [0.05, 0.1) is 0 Å². The Morgan fingerprint density at radius 1 is 1.26 bits per heavy atom. The van der Waals surface area contributed by atoms with Crippen LogP contribution in [0, 0.1) is 0 Å². The van der Waals surface area contributed by atoms with Gasteiger partial charge in [0.15, 0.2) is 5.69 Å². The number of amides is 1. The Balaban J connectivity index is 2.18. The largest absolute Gasteiger partial charge is 0.476 e. The molecule has 1 heterocycles. The summed E-state index contributed by atoms with van der Waals surface area (Å²) in [5.41, 5.74) is 0.180. The number of benzene rings is 1. The molecule has 2 aromatic rings. The number of carboxylic acid groups (broad SMARTS) is 1. The molecule has 0 saturated heterocycles. The zero-order valence-electron chi connectivity index (χ0n) is 13.1. The fraction of sp³-hybridized carbons (Fsp3) is 0.312. The van der Waals surface area contributed by atoms with Gasteiger partial charge in [0.25, 0.3) is 0 Å². The summed E-state index contributed by atoms with van der Waals surface area (Å²) in [7, 11) is 0. The lowest BCUT2D eigenvalue weighted by atomic mass is 10.2. The zero-order valence-corrected chi connectivity index (χ0v) is 13.9. The number of carboxylic acids is 1. The second-order valence-electron chi connectivity index (χ2n) is 5.88. The van der Waals surface area contributed by atoms with Crippen molar-refractivity contribution in [3.63, 3.8) is 0 Å². The number of carbonyl (C=O) groups is 2. The summed E-state index contributed by atoms with van der Waals surface area (Å²) in [4.78, 5) is 27.2. The van der Waals surface area contributed by atoms with E-state index < -0.39 is 17.7 Å². The first-order valence-corrected chi connectivity index (χ1v) is 7.83. The molecule has 2 rings (SSSR count). The van der Waals surface area contributed by atoms with Crippen molar-refractivity contribution in [2.45, 2.75) is 32.8 Å². The molecule has 23 heavy (non-hydrogen) atoms. The van der Waals surface area contributed by atoms with E-state index in [1.54, 1.807) is 20.8 Å². The van der Waals surface area contributed by atoms with Crippen LogP contribution in [0.3, 0.4) is 0 Å². The van der Waals surface area contributed by atoms with Crippen molar-refractivity contribution in [3.05, 3.63) is 46.6 Å². The number of thiazole rings is 1. The molecule has 0 aliphatic heterocycles. The van der Waals surface area contributed by atoms with E-state index in [0.29, 0.717) is 11.4 Å². The topological polar surface area (TPSA) is 88.5 Å². The number of aromatic carboxylic acids is 1. The second-order valence-corrected chi connectivity index (χ2v) is 6.96. The Bertz CT molecular complexity index is 705. The van der Waals surface area contributed by atoms with Crippen molar-refractivity contribution in [1.29, 1.82) is 0 Å². The van der Waals surface area contributed by atoms with E-state index in [0.717, 1.165) is 16.9 Å². The van der Waals surface area contributed by atoms with Gasteiger partial charge in [0, 0.05) is 6.42 Å². The molecule has 1 aromatic heterocycles. The van der Waals surface area contributed by atoms with Crippen molar-refractivity contribution in [2.75, 3.05) is 5.32 Å². The van der Waals surface area contributed by atoms with Crippen LogP contribution in [-0.4, -0.2) is 27.8 Å². The van der Waals surface area contributed by atoms with E-state index in [2.05, 4.69) is 10.3 Å². The van der Waals surface area contributed by atoms with Crippen molar-refractivity contribution in [1.82, 2.24) is 4.98 Å². The van der Waals surface area contributed by atoms with Crippen LogP contribution in [0.4, 0.5) is 9.80 Å². The second kappa shape index (κ2) is 6.78. The molecular formula is C16H18N2O4S. The normalized spacial score (nSPS) is 11.1. The lowest BCUT2D eigenvalue weighted by Crippen LogP contribution is -2.27. The minimum absolute atomic E-state index is 0.174. The maximum absolute atomic E-state index is 11.8. The molecule has 0 saturated carbocycles. The van der Waals surface area contributed by atoms with Crippen molar-refractivity contribution in [3.8, 4) is 0 Å². The van der Waals surface area contributed by atoms with E-state index in [1.165, 1.54) is 0 Å². The molecule has 0 fully saturated rings. The first-order chi connectivity index (χ1) is 10.7. The van der Waals surface area contributed by atoms with Gasteiger partial charge in [0.1, 0.15) is 15.6 Å². The molecule has 0 spiro atoms. The standard InChI is InChI=1S/C16H18N2O4S/c1-16(2,3)22-15(21)18-13-12(14(19)20)17-11(23-13)9-10-7-5-4-6-8-10/h4-8H,9H2,1-3H3,(H,18,21)(H,19,20). The molecule has 0 bridgehead atoms. The number of hydrogen-bond acceptors (Lipinski definition) is 5. The highest BCUT2D eigenvalue weighted by atomic mass is 32.1. The monoisotopic (exact) mass is 334 g/mol. The Labute approximate surface area is 138 Å². The van der Waals surface area contributed by atoms with Crippen molar-refractivity contribution < 1.29 is 19.4 Å². The average molecular weight is 334 g/mol. The molecule has 0 radical (unpaired) electrons. The van der Waals surface area contributed by atoms with Crippen LogP contribution in [0.1, 0.15) is 41.8 Å². The summed E-state index contributed by atoms with van der Waals surface area (Å²) in [6.45, 7) is 5.20. The summed E-state index contributed by atoms with van der Waals surface area (Å²) in [5, 5.41) is 12.5. The molecule has 122 valence electrons. The third kappa shape index (κ3) is 5.07. The summed E-state index contributed by atoms with van der Waals surface area (Å²) in [6, 6.07) is 9.58. The van der Waals surface area contributed by atoms with Crippen LogP contribution in [0.2, 0.25) is 0 Å². The van der Waals surface area contributed by atoms with Crippen molar-refractivity contribution >= 4 is 28.4 Å². The van der Waals surface area contributed by atoms with E-state index in [9.17, 15) is 14.7 Å². The molecule has 6 nitrogen and oxygen atoms in total. The SMILES string of the molecule is CC(C)(C)OC(=O)Nc1sc(Cc2ccccc2)nc1C(=O)O. The minimum Gasteiger partial charge on any atom is -0.476 e. The van der Waals surface area contributed by atoms with E-state index in [-0.39, 0.29) is 10.7 Å². The lowest BCUT2D eigenvalue weighted by molar-refractivity contribution is 0.0636. The Hall–Kier alpha value is -2.41. The lowest BCUT2D eigenvalue weighted by Gasteiger charge is -2.19. The van der Waals surface area contributed by atoms with Gasteiger partial charge in [-0.15, -0.1) is 0 Å². The Kier molecular flexibility index (Phi) is 5.00. The number of anilines is 1. The smallest absolute Gasteiger partial charge is 0.412 e. The number of aromatic nitrogens is 1. The van der Waals surface area contributed by atoms with Gasteiger partial charge in [-0.2, -0.15) is 0 Å². The molecule has 2 N–H and O–H groups in total. The summed E-state index contributed by atoms with van der Waals surface area (Å²) >= 11 is 1.13. The van der Waals surface area contributed by atoms with Gasteiger partial charge in [-0.3, -0.25) is 5.32 Å². The minimum atomic E-state index is -1.19. The third-order valence-corrected chi connectivity index (χ3v) is 3.66. The van der Waals surface area contributed by atoms with Crippen LogP contribution < -0.4 is 5.32 Å². The average Bonchev–Trinajstić information content (AvgIpc) is 2.80. The highest BCUT2D eigenvalue weighted by molar-refractivity contribution is 7.16. The van der Waals surface area contributed by atoms with Gasteiger partial charge >= 0.3 is 12.1 Å². The molecule has 0 atom stereocenters. The van der Waals surface area contributed by atoms with Gasteiger partial charge in [-0.05, 0) is 26.3 Å². The predicted molar refractivity (Wildman–Crippen MR) is 88.2 cm³/mol. The summed E-state index contributed by atoms with van der Waals surface area (Å²) < 4.78 is 5.14. The number of carbonyl (C=O) groups excluding carboxylic acids is 1. The molecule has 0 aliphatic carbocycles. The van der Waals surface area contributed by atoms with Crippen LogP contribution in [0.25, 0.3) is 0 Å². The van der Waals surface area contributed by atoms with E-state index in [1.807, 2.05) is 30.3 Å². The number of rotatable bonds is 4. The van der Waals surface area contributed by atoms with Crippen molar-refractivity contribution in [2.24, 2.45) is 0 Å². The molecule has 0 unspecified atom stereocenters. The Morgan fingerprint density at radius 3 is 2.48 bits per heavy atom. The van der Waals surface area contributed by atoms with E-state index in [4.69, 9.17) is 4.74 Å². The number of ether oxygens (including phenoxy) is 1. The van der Waals surface area contributed by atoms with Crippen LogP contribution >= 0.6 is 11.3 Å². The highest BCUT2D eigenvalue weighted by Crippen LogP contribution is 2.27. The molecule has 1 amide bonds. The zero-order chi connectivity index (χ0) is 17.0. The predicted octanol–water partition coefficient (Wildman–Crippen LogP) is 3.78. The number of nitrogens with one attached hydrogen (secondary N) is 1. The Morgan fingerprint density at radius 2 is 1.91 bits per heavy atom. The van der Waals surface area contributed by atoms with E-state index >= 15 is 0 Å². The maximum Gasteiger partial charge on any atom is 0.412 e. The van der Waals surface area contributed by atoms with Gasteiger partial charge in [-0.25, -0.2) is 14.6 Å². The van der Waals surface area contributed by atoms with Gasteiger partial charge in [-0.1, -0.05) is 41.7 Å². The highest BCUT2D eigenvalue weighted by Gasteiger charge is 2.22. The third-order valence-electron chi connectivity index (χ3n) is 2.69. The fourth-order valence-corrected chi connectivity index (χ4v) is 2.81. The van der Waals surface area contributed by atoms with Gasteiger partial charge in [0.2, 0.25) is 0 Å². The van der Waals surface area contributed by atoms with Gasteiger partial charge < -0.3 is 9.84 Å². The van der Waals surface area contributed by atoms with Crippen LogP contribution in [-0.2, 0) is 11.2 Å². The number of hydrogen-bond donors (Lipinski definition) is 2. The molecule has 7 heteroatoms. The molecule has 1 aromatic carbocycles. The summed E-state index contributed by atoms with van der Waals surface area (Å²) in [5.74, 6) is -1.19. The molecule has 0 aliphatic rings. The quantitative estimate of drug-likeness (QED) is 0.888.